The highest BCUT2D eigenvalue weighted by atomic mass is 19.1. The van der Waals surface area contributed by atoms with Crippen LogP contribution in [0.3, 0.4) is 0 Å². The number of rotatable bonds is 4. The van der Waals surface area contributed by atoms with Gasteiger partial charge >= 0.3 is 0 Å². The van der Waals surface area contributed by atoms with Crippen molar-refractivity contribution in [3.63, 3.8) is 0 Å². The number of carbonyl (C=O) groups excluding carboxylic acids is 1. The van der Waals surface area contributed by atoms with E-state index in [0.29, 0.717) is 11.3 Å². The fourth-order valence-electron chi connectivity index (χ4n) is 4.42. The number of carbonyl (C=O) groups is 1. The highest BCUT2D eigenvalue weighted by Crippen LogP contribution is 2.44. The standard InChI is InChI=1S/C25H20F2N2O2/c1-14-12-15(10-11-28-14)23-21-8-9-22(31-21)24(23)25(30)29-16-6-7-18(20(27)13-16)17-4-2-3-5-19(17)26/h2-7,10-13,21-22H,8-9H2,1H3,(H,29,30). The maximum absolute atomic E-state index is 14.7. The first-order valence-electron chi connectivity index (χ1n) is 10.2. The van der Waals surface area contributed by atoms with E-state index in [0.717, 1.165) is 29.7 Å². The highest BCUT2D eigenvalue weighted by Gasteiger charge is 2.43. The zero-order valence-corrected chi connectivity index (χ0v) is 16.9. The first-order chi connectivity index (χ1) is 15.0. The molecule has 1 saturated heterocycles. The summed E-state index contributed by atoms with van der Waals surface area (Å²) in [6.45, 7) is 1.90. The average Bonchev–Trinajstić information content (AvgIpc) is 3.36. The normalized spacial score (nSPS) is 19.7. The third kappa shape index (κ3) is 3.53. The molecule has 156 valence electrons. The van der Waals surface area contributed by atoms with E-state index in [2.05, 4.69) is 10.3 Å². The van der Waals surface area contributed by atoms with Gasteiger partial charge in [-0.25, -0.2) is 8.78 Å². The van der Waals surface area contributed by atoms with Crippen molar-refractivity contribution < 1.29 is 18.3 Å². The third-order valence-electron chi connectivity index (χ3n) is 5.80. The van der Waals surface area contributed by atoms with Gasteiger partial charge in [-0.1, -0.05) is 18.2 Å². The minimum atomic E-state index is -0.606. The van der Waals surface area contributed by atoms with Crippen LogP contribution in [0.15, 0.2) is 66.4 Å². The van der Waals surface area contributed by atoms with Gasteiger partial charge in [-0.3, -0.25) is 9.78 Å². The molecule has 0 aliphatic carbocycles. The molecule has 3 heterocycles. The van der Waals surface area contributed by atoms with Gasteiger partial charge in [0.25, 0.3) is 5.91 Å². The number of amides is 1. The largest absolute Gasteiger partial charge is 0.365 e. The molecule has 2 aliphatic heterocycles. The van der Waals surface area contributed by atoms with Crippen LogP contribution < -0.4 is 5.32 Å². The van der Waals surface area contributed by atoms with Crippen molar-refractivity contribution in [3.05, 3.63) is 89.3 Å². The monoisotopic (exact) mass is 418 g/mol. The molecule has 2 bridgehead atoms. The van der Waals surface area contributed by atoms with Crippen LogP contribution in [0.1, 0.15) is 24.1 Å². The van der Waals surface area contributed by atoms with Crippen LogP contribution in [-0.4, -0.2) is 23.1 Å². The summed E-state index contributed by atoms with van der Waals surface area (Å²) < 4.78 is 34.7. The molecule has 1 N–H and O–H groups in total. The number of hydrogen-bond acceptors (Lipinski definition) is 3. The summed E-state index contributed by atoms with van der Waals surface area (Å²) in [4.78, 5) is 17.4. The SMILES string of the molecule is Cc1cc(C2=C(C(=O)Nc3ccc(-c4ccccc4F)c(F)c3)C3CCC2O3)ccn1. The molecule has 2 atom stereocenters. The number of nitrogens with one attached hydrogen (secondary N) is 1. The molecular formula is C25H20F2N2O2. The van der Waals surface area contributed by atoms with Crippen LogP contribution in [0.2, 0.25) is 0 Å². The van der Waals surface area contributed by atoms with E-state index >= 15 is 0 Å². The van der Waals surface area contributed by atoms with E-state index < -0.39 is 11.6 Å². The second-order valence-corrected chi connectivity index (χ2v) is 7.83. The van der Waals surface area contributed by atoms with Gasteiger partial charge in [0, 0.05) is 28.7 Å². The first kappa shape index (κ1) is 19.6. The number of anilines is 1. The number of nitrogens with zero attached hydrogens (tertiary/aromatic N) is 1. The van der Waals surface area contributed by atoms with E-state index in [1.807, 2.05) is 19.1 Å². The maximum Gasteiger partial charge on any atom is 0.254 e. The molecule has 1 aromatic heterocycles. The summed E-state index contributed by atoms with van der Waals surface area (Å²) in [7, 11) is 0. The first-order valence-corrected chi connectivity index (χ1v) is 10.2. The molecule has 1 fully saturated rings. The molecule has 1 amide bonds. The van der Waals surface area contributed by atoms with Gasteiger partial charge in [-0.15, -0.1) is 0 Å². The number of fused-ring (bicyclic) bond motifs is 2. The molecule has 6 heteroatoms. The summed E-state index contributed by atoms with van der Waals surface area (Å²) in [5.74, 6) is -1.42. The molecule has 2 aromatic carbocycles. The summed E-state index contributed by atoms with van der Waals surface area (Å²) in [6, 6.07) is 14.1. The lowest BCUT2D eigenvalue weighted by Gasteiger charge is -2.17. The quantitative estimate of drug-likeness (QED) is 0.627. The Balaban J connectivity index is 1.46. The number of aryl methyl sites for hydroxylation is 1. The Hall–Kier alpha value is -3.38. The Bertz CT molecular complexity index is 1220. The predicted molar refractivity (Wildman–Crippen MR) is 114 cm³/mol. The lowest BCUT2D eigenvalue weighted by Crippen LogP contribution is -2.23. The third-order valence-corrected chi connectivity index (χ3v) is 5.80. The van der Waals surface area contributed by atoms with Crippen molar-refractivity contribution >= 4 is 17.2 Å². The van der Waals surface area contributed by atoms with E-state index in [4.69, 9.17) is 4.74 Å². The molecule has 2 aliphatic rings. The van der Waals surface area contributed by atoms with Crippen LogP contribution in [0.4, 0.5) is 14.5 Å². The van der Waals surface area contributed by atoms with Gasteiger partial charge < -0.3 is 10.1 Å². The number of pyridine rings is 1. The molecule has 5 rings (SSSR count). The molecule has 3 aromatic rings. The van der Waals surface area contributed by atoms with Crippen LogP contribution in [0.25, 0.3) is 16.7 Å². The summed E-state index contributed by atoms with van der Waals surface area (Å²) in [6.07, 6.45) is 2.98. The number of aromatic nitrogens is 1. The number of ether oxygens (including phenoxy) is 1. The summed E-state index contributed by atoms with van der Waals surface area (Å²) in [5, 5.41) is 2.79. The van der Waals surface area contributed by atoms with Crippen LogP contribution in [0, 0.1) is 18.6 Å². The Labute approximate surface area is 178 Å². The second kappa shape index (κ2) is 7.71. The Morgan fingerprint density at radius 2 is 1.77 bits per heavy atom. The Kier molecular flexibility index (Phi) is 4.87. The molecule has 0 saturated carbocycles. The van der Waals surface area contributed by atoms with Crippen molar-refractivity contribution in [1.29, 1.82) is 0 Å². The maximum atomic E-state index is 14.7. The number of halogens is 2. The molecule has 31 heavy (non-hydrogen) atoms. The highest BCUT2D eigenvalue weighted by molar-refractivity contribution is 6.11. The van der Waals surface area contributed by atoms with Crippen molar-refractivity contribution in [2.45, 2.75) is 32.0 Å². The number of hydrogen-bond donors (Lipinski definition) is 1. The van der Waals surface area contributed by atoms with Gasteiger partial charge in [0.2, 0.25) is 0 Å². The van der Waals surface area contributed by atoms with E-state index in [-0.39, 0.29) is 29.2 Å². The lowest BCUT2D eigenvalue weighted by atomic mass is 9.87. The van der Waals surface area contributed by atoms with E-state index in [9.17, 15) is 13.6 Å². The fraction of sp³-hybridized carbons (Fsp3) is 0.200. The van der Waals surface area contributed by atoms with Crippen LogP contribution in [-0.2, 0) is 9.53 Å². The van der Waals surface area contributed by atoms with Crippen molar-refractivity contribution in [3.8, 4) is 11.1 Å². The fourth-order valence-corrected chi connectivity index (χ4v) is 4.42. The topological polar surface area (TPSA) is 51.2 Å². The average molecular weight is 418 g/mol. The van der Waals surface area contributed by atoms with Gasteiger partial charge in [0.1, 0.15) is 11.6 Å². The van der Waals surface area contributed by atoms with Crippen molar-refractivity contribution in [2.24, 2.45) is 0 Å². The van der Waals surface area contributed by atoms with E-state index in [1.54, 1.807) is 24.4 Å². The Morgan fingerprint density at radius 3 is 2.55 bits per heavy atom. The smallest absolute Gasteiger partial charge is 0.254 e. The summed E-state index contributed by atoms with van der Waals surface area (Å²) >= 11 is 0. The number of benzene rings is 2. The minimum Gasteiger partial charge on any atom is -0.365 e. The molecule has 2 unspecified atom stereocenters. The molecule has 0 spiro atoms. The van der Waals surface area contributed by atoms with Gasteiger partial charge in [0.15, 0.2) is 0 Å². The molecular weight excluding hydrogens is 398 g/mol. The van der Waals surface area contributed by atoms with Crippen molar-refractivity contribution in [1.82, 2.24) is 4.98 Å². The van der Waals surface area contributed by atoms with Crippen LogP contribution >= 0.6 is 0 Å². The Morgan fingerprint density at radius 1 is 1.00 bits per heavy atom. The molecule has 4 nitrogen and oxygen atoms in total. The van der Waals surface area contributed by atoms with Crippen molar-refractivity contribution in [2.75, 3.05) is 5.32 Å². The minimum absolute atomic E-state index is 0.118. The summed E-state index contributed by atoms with van der Waals surface area (Å²) in [5.41, 5.74) is 3.87. The van der Waals surface area contributed by atoms with E-state index in [1.165, 1.54) is 24.3 Å². The van der Waals surface area contributed by atoms with Gasteiger partial charge in [0.05, 0.1) is 17.8 Å². The molecule has 0 radical (unpaired) electrons. The van der Waals surface area contributed by atoms with Crippen LogP contribution in [0.5, 0.6) is 0 Å². The zero-order valence-electron chi connectivity index (χ0n) is 16.9. The predicted octanol–water partition coefficient (Wildman–Crippen LogP) is 5.29. The second-order valence-electron chi connectivity index (χ2n) is 7.83. The zero-order chi connectivity index (χ0) is 21.5. The van der Waals surface area contributed by atoms with Gasteiger partial charge in [-0.2, -0.15) is 0 Å². The lowest BCUT2D eigenvalue weighted by molar-refractivity contribution is -0.113. The van der Waals surface area contributed by atoms with Gasteiger partial charge in [-0.05, 0) is 67.3 Å².